The molecule has 0 aliphatic rings. The number of unbranched alkanes of at least 4 members (excludes halogenated alkanes) is 24. The SMILES string of the molecule is SCCCCCCCCCCCCCCCCCCCCCCCCCCCBr. The number of halogens is 1. The van der Waals surface area contributed by atoms with Crippen molar-refractivity contribution in [1.29, 1.82) is 0 Å². The van der Waals surface area contributed by atoms with E-state index in [2.05, 4.69) is 28.6 Å². The smallest absolute Gasteiger partial charge is 0.00313 e. The number of hydrogen-bond acceptors (Lipinski definition) is 1. The van der Waals surface area contributed by atoms with Crippen LogP contribution in [0.3, 0.4) is 0 Å². The van der Waals surface area contributed by atoms with Gasteiger partial charge < -0.3 is 0 Å². The van der Waals surface area contributed by atoms with Crippen molar-refractivity contribution in [3.8, 4) is 0 Å². The number of alkyl halides is 1. The molecule has 0 saturated carbocycles. The van der Waals surface area contributed by atoms with E-state index in [-0.39, 0.29) is 0 Å². The van der Waals surface area contributed by atoms with Crippen molar-refractivity contribution in [3.63, 3.8) is 0 Å². The van der Waals surface area contributed by atoms with Crippen LogP contribution in [0.25, 0.3) is 0 Å². The molecule has 0 heterocycles. The van der Waals surface area contributed by atoms with Crippen molar-refractivity contribution in [2.45, 2.75) is 161 Å². The van der Waals surface area contributed by atoms with Gasteiger partial charge in [-0.2, -0.15) is 12.6 Å². The molecule has 0 spiro atoms. The maximum absolute atomic E-state index is 4.27. The Hall–Kier alpha value is 0.830. The molecule has 0 amide bonds. The minimum absolute atomic E-state index is 1.07. The van der Waals surface area contributed by atoms with Crippen LogP contribution < -0.4 is 0 Å². The summed E-state index contributed by atoms with van der Waals surface area (Å²) in [7, 11) is 0. The molecule has 29 heavy (non-hydrogen) atoms. The fourth-order valence-electron chi connectivity index (χ4n) is 4.27. The molecule has 0 saturated heterocycles. The van der Waals surface area contributed by atoms with E-state index in [1.807, 2.05) is 0 Å². The van der Waals surface area contributed by atoms with Gasteiger partial charge >= 0.3 is 0 Å². The minimum atomic E-state index is 1.07. The van der Waals surface area contributed by atoms with Crippen LogP contribution in [0.5, 0.6) is 0 Å². The van der Waals surface area contributed by atoms with E-state index >= 15 is 0 Å². The van der Waals surface area contributed by atoms with Gasteiger partial charge in [-0.1, -0.05) is 164 Å². The third kappa shape index (κ3) is 28.8. The molecule has 0 radical (unpaired) electrons. The van der Waals surface area contributed by atoms with Gasteiger partial charge in [0, 0.05) is 5.33 Å². The minimum Gasteiger partial charge on any atom is -0.179 e. The summed E-state index contributed by atoms with van der Waals surface area (Å²) in [5.41, 5.74) is 0. The lowest BCUT2D eigenvalue weighted by molar-refractivity contribution is 0.517. The van der Waals surface area contributed by atoms with Crippen LogP contribution in [0, 0.1) is 0 Å². The van der Waals surface area contributed by atoms with Crippen LogP contribution in [0.4, 0.5) is 0 Å². The summed E-state index contributed by atoms with van der Waals surface area (Å²) in [6.45, 7) is 0. The molecule has 176 valence electrons. The predicted octanol–water partition coefficient (Wildman–Crippen LogP) is 11.1. The van der Waals surface area contributed by atoms with Crippen molar-refractivity contribution in [1.82, 2.24) is 0 Å². The fraction of sp³-hybridized carbons (Fsp3) is 1.00. The normalized spacial score (nSPS) is 11.4. The Labute approximate surface area is 199 Å². The third-order valence-corrected chi connectivity index (χ3v) is 7.17. The monoisotopic (exact) mass is 490 g/mol. The van der Waals surface area contributed by atoms with Gasteiger partial charge in [-0.3, -0.25) is 0 Å². The Balaban J connectivity index is 2.97. The molecule has 2 heteroatoms. The summed E-state index contributed by atoms with van der Waals surface area (Å²) >= 11 is 7.78. The first-order chi connectivity index (χ1) is 14.4. The van der Waals surface area contributed by atoms with Crippen molar-refractivity contribution in [2.24, 2.45) is 0 Å². The Morgan fingerprint density at radius 3 is 0.621 bits per heavy atom. The van der Waals surface area contributed by atoms with E-state index in [0.29, 0.717) is 0 Å². The van der Waals surface area contributed by atoms with Crippen LogP contribution in [0.1, 0.15) is 161 Å². The molecule has 0 nitrogen and oxygen atoms in total. The molecule has 0 aliphatic heterocycles. The average Bonchev–Trinajstić information content (AvgIpc) is 2.74. The average molecular weight is 492 g/mol. The zero-order valence-electron chi connectivity index (χ0n) is 19.9. The molecule has 0 N–H and O–H groups in total. The van der Waals surface area contributed by atoms with Gasteiger partial charge in [0.05, 0.1) is 0 Å². The highest BCUT2D eigenvalue weighted by Gasteiger charge is 1.96. The molecular weight excluding hydrogens is 436 g/mol. The zero-order valence-corrected chi connectivity index (χ0v) is 22.4. The largest absolute Gasteiger partial charge is 0.179 e. The second-order valence-electron chi connectivity index (χ2n) is 9.25. The molecule has 0 unspecified atom stereocenters. The Morgan fingerprint density at radius 1 is 0.276 bits per heavy atom. The van der Waals surface area contributed by atoms with E-state index < -0.39 is 0 Å². The molecule has 0 aromatic rings. The lowest BCUT2D eigenvalue weighted by atomic mass is 10.0. The van der Waals surface area contributed by atoms with E-state index in [0.717, 1.165) is 5.75 Å². The highest BCUT2D eigenvalue weighted by atomic mass is 79.9. The zero-order chi connectivity index (χ0) is 21.1. The molecule has 0 fully saturated rings. The van der Waals surface area contributed by atoms with Crippen LogP contribution in [-0.2, 0) is 0 Å². The molecule has 0 aromatic heterocycles. The third-order valence-electron chi connectivity index (χ3n) is 6.29. The van der Waals surface area contributed by atoms with Crippen molar-refractivity contribution < 1.29 is 0 Å². The van der Waals surface area contributed by atoms with E-state index in [4.69, 9.17) is 0 Å². The van der Waals surface area contributed by atoms with Crippen LogP contribution in [0.2, 0.25) is 0 Å². The first kappa shape index (κ1) is 29.8. The van der Waals surface area contributed by atoms with E-state index in [9.17, 15) is 0 Å². The molecule has 0 rings (SSSR count). The molecule has 0 aliphatic carbocycles. The highest BCUT2D eigenvalue weighted by molar-refractivity contribution is 9.09. The topological polar surface area (TPSA) is 0 Å². The van der Waals surface area contributed by atoms with Gasteiger partial charge in [-0.05, 0) is 18.6 Å². The lowest BCUT2D eigenvalue weighted by Crippen LogP contribution is -1.85. The maximum Gasteiger partial charge on any atom is 0.00313 e. The van der Waals surface area contributed by atoms with Gasteiger partial charge in [-0.25, -0.2) is 0 Å². The van der Waals surface area contributed by atoms with Crippen molar-refractivity contribution in [2.75, 3.05) is 11.1 Å². The van der Waals surface area contributed by atoms with Gasteiger partial charge in [0.1, 0.15) is 0 Å². The molecule has 0 aromatic carbocycles. The summed E-state index contributed by atoms with van der Waals surface area (Å²) in [6, 6.07) is 0. The highest BCUT2D eigenvalue weighted by Crippen LogP contribution is 2.15. The summed E-state index contributed by atoms with van der Waals surface area (Å²) in [5.74, 6) is 1.07. The molecule has 0 atom stereocenters. The Morgan fingerprint density at radius 2 is 0.448 bits per heavy atom. The lowest BCUT2D eigenvalue weighted by Gasteiger charge is -2.04. The number of thiol groups is 1. The summed E-state index contributed by atoms with van der Waals surface area (Å²) < 4.78 is 0. The van der Waals surface area contributed by atoms with Gasteiger partial charge in [0.25, 0.3) is 0 Å². The van der Waals surface area contributed by atoms with Gasteiger partial charge in [-0.15, -0.1) is 0 Å². The van der Waals surface area contributed by atoms with E-state index in [1.165, 1.54) is 166 Å². The van der Waals surface area contributed by atoms with Crippen LogP contribution in [0.15, 0.2) is 0 Å². The van der Waals surface area contributed by atoms with Crippen LogP contribution in [-0.4, -0.2) is 11.1 Å². The molecule has 0 bridgehead atoms. The second-order valence-corrected chi connectivity index (χ2v) is 10.5. The standard InChI is InChI=1S/C27H55BrS/c28-26-24-22-20-18-16-14-12-10-8-6-4-2-1-3-5-7-9-11-13-15-17-19-21-23-25-27-29/h29H,1-27H2. The van der Waals surface area contributed by atoms with Crippen molar-refractivity contribution in [3.05, 3.63) is 0 Å². The predicted molar refractivity (Wildman–Crippen MR) is 143 cm³/mol. The first-order valence-electron chi connectivity index (χ1n) is 13.6. The Kier molecular flexibility index (Phi) is 29.7. The van der Waals surface area contributed by atoms with Gasteiger partial charge in [0.2, 0.25) is 0 Å². The summed E-state index contributed by atoms with van der Waals surface area (Å²) in [4.78, 5) is 0. The first-order valence-corrected chi connectivity index (χ1v) is 15.3. The summed E-state index contributed by atoms with van der Waals surface area (Å²) in [5, 5.41) is 1.19. The van der Waals surface area contributed by atoms with Gasteiger partial charge in [0.15, 0.2) is 0 Å². The summed E-state index contributed by atoms with van der Waals surface area (Å²) in [6.07, 6.45) is 36.4. The number of hydrogen-bond donors (Lipinski definition) is 1. The quantitative estimate of drug-likeness (QED) is 0.0694. The van der Waals surface area contributed by atoms with Crippen molar-refractivity contribution >= 4 is 28.6 Å². The Bertz CT molecular complexity index is 243. The number of rotatable bonds is 26. The van der Waals surface area contributed by atoms with Crippen LogP contribution >= 0.6 is 28.6 Å². The fourth-order valence-corrected chi connectivity index (χ4v) is 4.89. The molecular formula is C27H55BrS. The van der Waals surface area contributed by atoms with E-state index in [1.54, 1.807) is 0 Å². The second kappa shape index (κ2) is 28.8. The maximum atomic E-state index is 4.27.